The minimum atomic E-state index is -4.71. The number of ether oxygens (including phenoxy) is 1. The monoisotopic (exact) mass is 263 g/mol. The fourth-order valence-corrected chi connectivity index (χ4v) is 1.66. The molecule has 1 aromatic carbocycles. The van der Waals surface area contributed by atoms with Gasteiger partial charge in [-0.1, -0.05) is 19.1 Å². The molecule has 0 fully saturated rings. The molecule has 0 radical (unpaired) electrons. The van der Waals surface area contributed by atoms with E-state index in [-0.39, 0.29) is 11.7 Å². The lowest BCUT2D eigenvalue weighted by atomic mass is 9.94. The zero-order valence-corrected chi connectivity index (χ0v) is 9.95. The summed E-state index contributed by atoms with van der Waals surface area (Å²) < 4.78 is 39.6. The Balaban J connectivity index is 2.76. The summed E-state index contributed by atoms with van der Waals surface area (Å²) in [5, 5.41) is 9.96. The van der Waals surface area contributed by atoms with E-state index in [4.69, 9.17) is 5.73 Å². The Bertz CT molecular complexity index is 361. The molecule has 1 aromatic rings. The highest BCUT2D eigenvalue weighted by atomic mass is 19.4. The third-order valence-electron chi connectivity index (χ3n) is 2.73. The van der Waals surface area contributed by atoms with E-state index < -0.39 is 12.5 Å². The van der Waals surface area contributed by atoms with Crippen LogP contribution in [0, 0.1) is 5.92 Å². The molecule has 2 atom stereocenters. The maximum absolute atomic E-state index is 11.9. The van der Waals surface area contributed by atoms with Crippen molar-refractivity contribution in [1.29, 1.82) is 0 Å². The Hall–Kier alpha value is -1.27. The Morgan fingerprint density at radius 3 is 2.22 bits per heavy atom. The fraction of sp³-hybridized carbons (Fsp3) is 0.500. The van der Waals surface area contributed by atoms with Crippen LogP contribution in [0.5, 0.6) is 5.75 Å². The predicted molar refractivity (Wildman–Crippen MR) is 60.9 cm³/mol. The van der Waals surface area contributed by atoms with Crippen molar-refractivity contribution in [3.05, 3.63) is 29.8 Å². The minimum absolute atomic E-state index is 0.112. The summed E-state index contributed by atoms with van der Waals surface area (Å²) in [5.74, 6) is -0.418. The Morgan fingerprint density at radius 2 is 1.83 bits per heavy atom. The topological polar surface area (TPSA) is 55.5 Å². The Kier molecular flexibility index (Phi) is 4.98. The lowest BCUT2D eigenvalue weighted by molar-refractivity contribution is -0.274. The number of benzene rings is 1. The van der Waals surface area contributed by atoms with E-state index in [1.165, 1.54) is 24.3 Å². The molecule has 0 amide bonds. The van der Waals surface area contributed by atoms with Gasteiger partial charge in [0.05, 0.1) is 6.10 Å². The highest BCUT2D eigenvalue weighted by Gasteiger charge is 2.31. The lowest BCUT2D eigenvalue weighted by Crippen LogP contribution is -2.21. The van der Waals surface area contributed by atoms with Crippen molar-refractivity contribution in [3.63, 3.8) is 0 Å². The van der Waals surface area contributed by atoms with Gasteiger partial charge in [0.15, 0.2) is 0 Å². The van der Waals surface area contributed by atoms with Gasteiger partial charge in [0, 0.05) is 5.92 Å². The minimum Gasteiger partial charge on any atom is -0.406 e. The van der Waals surface area contributed by atoms with Gasteiger partial charge in [-0.25, -0.2) is 0 Å². The number of halogens is 3. The van der Waals surface area contributed by atoms with Crippen molar-refractivity contribution in [2.24, 2.45) is 11.7 Å². The highest BCUT2D eigenvalue weighted by molar-refractivity contribution is 5.29. The predicted octanol–water partition coefficient (Wildman–Crippen LogP) is 2.60. The van der Waals surface area contributed by atoms with Crippen molar-refractivity contribution < 1.29 is 23.0 Å². The zero-order valence-electron chi connectivity index (χ0n) is 9.95. The summed E-state index contributed by atoms with van der Waals surface area (Å²) in [4.78, 5) is 0. The van der Waals surface area contributed by atoms with Crippen LogP contribution in [0.15, 0.2) is 24.3 Å². The summed E-state index contributed by atoms with van der Waals surface area (Å²) in [7, 11) is 0. The molecule has 3 N–H and O–H groups in total. The largest absolute Gasteiger partial charge is 0.573 e. The van der Waals surface area contributed by atoms with Crippen LogP contribution in [0.25, 0.3) is 0 Å². The quantitative estimate of drug-likeness (QED) is 0.858. The van der Waals surface area contributed by atoms with E-state index in [0.29, 0.717) is 18.5 Å². The molecule has 0 aliphatic heterocycles. The molecule has 0 aliphatic carbocycles. The second-order valence-electron chi connectivity index (χ2n) is 3.97. The molecule has 0 bridgehead atoms. The van der Waals surface area contributed by atoms with Gasteiger partial charge in [0.1, 0.15) is 5.75 Å². The Morgan fingerprint density at radius 1 is 1.28 bits per heavy atom. The van der Waals surface area contributed by atoms with Crippen LogP contribution in [0.2, 0.25) is 0 Å². The van der Waals surface area contributed by atoms with E-state index in [1.807, 2.05) is 6.92 Å². The van der Waals surface area contributed by atoms with E-state index in [1.54, 1.807) is 0 Å². The summed E-state index contributed by atoms with van der Waals surface area (Å²) in [5.41, 5.74) is 6.03. The third-order valence-corrected chi connectivity index (χ3v) is 2.73. The van der Waals surface area contributed by atoms with Crippen molar-refractivity contribution in [1.82, 2.24) is 0 Å². The van der Waals surface area contributed by atoms with E-state index in [9.17, 15) is 18.3 Å². The number of hydrogen-bond acceptors (Lipinski definition) is 3. The second kappa shape index (κ2) is 6.06. The molecule has 0 saturated heterocycles. The average Bonchev–Trinajstić information content (AvgIpc) is 2.29. The number of hydrogen-bond donors (Lipinski definition) is 2. The third kappa shape index (κ3) is 4.19. The number of alkyl halides is 3. The lowest BCUT2D eigenvalue weighted by Gasteiger charge is -2.20. The van der Waals surface area contributed by atoms with Gasteiger partial charge >= 0.3 is 6.36 Å². The van der Waals surface area contributed by atoms with Gasteiger partial charge in [-0.15, -0.1) is 13.2 Å². The molecule has 0 saturated carbocycles. The van der Waals surface area contributed by atoms with E-state index >= 15 is 0 Å². The molecular weight excluding hydrogens is 247 g/mol. The van der Waals surface area contributed by atoms with Crippen LogP contribution >= 0.6 is 0 Å². The molecule has 102 valence electrons. The normalized spacial score (nSPS) is 15.2. The summed E-state index contributed by atoms with van der Waals surface area (Å²) >= 11 is 0. The number of aliphatic hydroxyl groups is 1. The van der Waals surface area contributed by atoms with Gasteiger partial charge in [-0.05, 0) is 30.7 Å². The van der Waals surface area contributed by atoms with Crippen molar-refractivity contribution in [2.75, 3.05) is 6.54 Å². The van der Waals surface area contributed by atoms with Gasteiger partial charge in [-0.3, -0.25) is 0 Å². The van der Waals surface area contributed by atoms with Crippen LogP contribution in [-0.2, 0) is 0 Å². The zero-order chi connectivity index (χ0) is 13.8. The van der Waals surface area contributed by atoms with Crippen molar-refractivity contribution in [2.45, 2.75) is 25.8 Å². The van der Waals surface area contributed by atoms with Crippen molar-refractivity contribution in [3.8, 4) is 5.75 Å². The van der Waals surface area contributed by atoms with Gasteiger partial charge < -0.3 is 15.6 Å². The maximum Gasteiger partial charge on any atom is 0.573 e. The fourth-order valence-electron chi connectivity index (χ4n) is 1.66. The second-order valence-corrected chi connectivity index (χ2v) is 3.97. The SMILES string of the molecule is CCC(CN)C(O)c1ccc(OC(F)(F)F)cc1. The highest BCUT2D eigenvalue weighted by Crippen LogP contribution is 2.27. The molecule has 18 heavy (non-hydrogen) atoms. The van der Waals surface area contributed by atoms with Crippen LogP contribution in [-0.4, -0.2) is 18.0 Å². The first kappa shape index (κ1) is 14.8. The molecule has 2 unspecified atom stereocenters. The summed E-state index contributed by atoms with van der Waals surface area (Å²) in [6, 6.07) is 5.17. The van der Waals surface area contributed by atoms with Gasteiger partial charge in [0.25, 0.3) is 0 Å². The molecule has 0 aromatic heterocycles. The average molecular weight is 263 g/mol. The molecule has 0 aliphatic rings. The molecule has 3 nitrogen and oxygen atoms in total. The molecule has 6 heteroatoms. The van der Waals surface area contributed by atoms with Crippen LogP contribution in [0.3, 0.4) is 0 Å². The van der Waals surface area contributed by atoms with Crippen molar-refractivity contribution >= 4 is 0 Å². The number of nitrogens with two attached hydrogens (primary N) is 1. The first-order valence-electron chi connectivity index (χ1n) is 5.61. The first-order valence-corrected chi connectivity index (χ1v) is 5.61. The molecule has 1 rings (SSSR count). The number of aliphatic hydroxyl groups excluding tert-OH is 1. The Labute approximate surface area is 103 Å². The smallest absolute Gasteiger partial charge is 0.406 e. The van der Waals surface area contributed by atoms with Gasteiger partial charge in [-0.2, -0.15) is 0 Å². The standard InChI is InChI=1S/C12H16F3NO2/c1-2-8(7-16)11(17)9-3-5-10(6-4-9)18-12(13,14)15/h3-6,8,11,17H,2,7,16H2,1H3. The molecular formula is C12H16F3NO2. The van der Waals surface area contributed by atoms with E-state index in [2.05, 4.69) is 4.74 Å². The molecule has 0 heterocycles. The van der Waals surface area contributed by atoms with Crippen LogP contribution in [0.1, 0.15) is 25.0 Å². The van der Waals surface area contributed by atoms with E-state index in [0.717, 1.165) is 0 Å². The van der Waals surface area contributed by atoms with Crippen LogP contribution in [0.4, 0.5) is 13.2 Å². The van der Waals surface area contributed by atoms with Crippen LogP contribution < -0.4 is 10.5 Å². The summed E-state index contributed by atoms with van der Waals surface area (Å²) in [6.45, 7) is 2.21. The maximum atomic E-state index is 11.9. The number of rotatable bonds is 5. The first-order chi connectivity index (χ1) is 8.37. The van der Waals surface area contributed by atoms with Gasteiger partial charge in [0.2, 0.25) is 0 Å². The molecule has 0 spiro atoms. The summed E-state index contributed by atoms with van der Waals surface area (Å²) in [6.07, 6.45) is -4.79.